The Morgan fingerprint density at radius 2 is 1.88 bits per heavy atom. The van der Waals surface area contributed by atoms with E-state index in [1.165, 1.54) is 17.2 Å². The van der Waals surface area contributed by atoms with Gasteiger partial charge in [0.2, 0.25) is 0 Å². The van der Waals surface area contributed by atoms with Crippen molar-refractivity contribution in [2.75, 3.05) is 19.4 Å². The van der Waals surface area contributed by atoms with Crippen LogP contribution in [0.4, 0.5) is 15.9 Å². The minimum absolute atomic E-state index is 0.0343. The summed E-state index contributed by atoms with van der Waals surface area (Å²) in [5, 5.41) is 4.62. The number of anilines is 2. The summed E-state index contributed by atoms with van der Waals surface area (Å²) in [6.07, 6.45) is 1.45. The maximum Gasteiger partial charge on any atom is 0.255 e. The number of halogens is 3. The van der Waals surface area contributed by atoms with Gasteiger partial charge in [-0.25, -0.2) is 9.37 Å². The molecular weight excluding hydrogens is 364 g/mol. The van der Waals surface area contributed by atoms with Crippen molar-refractivity contribution in [2.24, 2.45) is 0 Å². The van der Waals surface area contributed by atoms with Crippen molar-refractivity contribution in [2.45, 2.75) is 0 Å². The molecule has 25 heavy (non-hydrogen) atoms. The van der Waals surface area contributed by atoms with Gasteiger partial charge in [0.1, 0.15) is 11.6 Å². The standard InChI is InChI=1S/C18H14Cl2FN3O/c1-24(2)18(25)11-9-22-17(10-5-3-6-12(19)15(10)11)23-14-8-4-7-13(21)16(14)20/h3-9H,1-2H3,(H,22,23). The van der Waals surface area contributed by atoms with E-state index in [9.17, 15) is 9.18 Å². The first-order valence-corrected chi connectivity index (χ1v) is 8.15. The molecule has 0 unspecified atom stereocenters. The van der Waals surface area contributed by atoms with Crippen LogP contribution in [0.1, 0.15) is 10.4 Å². The van der Waals surface area contributed by atoms with Crippen molar-refractivity contribution in [3.63, 3.8) is 0 Å². The fourth-order valence-corrected chi connectivity index (χ4v) is 2.94. The van der Waals surface area contributed by atoms with Gasteiger partial charge in [0.15, 0.2) is 0 Å². The molecule has 0 spiro atoms. The van der Waals surface area contributed by atoms with E-state index in [1.807, 2.05) is 0 Å². The summed E-state index contributed by atoms with van der Waals surface area (Å²) in [5.41, 5.74) is 0.767. The summed E-state index contributed by atoms with van der Waals surface area (Å²) in [5.74, 6) is -0.311. The van der Waals surface area contributed by atoms with Crippen LogP contribution in [0.15, 0.2) is 42.6 Å². The lowest BCUT2D eigenvalue weighted by molar-refractivity contribution is 0.0829. The first kappa shape index (κ1) is 17.5. The number of hydrogen-bond donors (Lipinski definition) is 1. The van der Waals surface area contributed by atoms with Crippen LogP contribution in [-0.2, 0) is 0 Å². The number of fused-ring (bicyclic) bond motifs is 1. The van der Waals surface area contributed by atoms with Gasteiger partial charge in [0, 0.05) is 36.1 Å². The van der Waals surface area contributed by atoms with E-state index in [0.717, 1.165) is 0 Å². The summed E-state index contributed by atoms with van der Waals surface area (Å²) in [6.45, 7) is 0. The number of pyridine rings is 1. The number of nitrogens with one attached hydrogen (secondary N) is 1. The first-order valence-electron chi connectivity index (χ1n) is 7.40. The predicted molar refractivity (Wildman–Crippen MR) is 99.5 cm³/mol. The fraction of sp³-hybridized carbons (Fsp3) is 0.111. The van der Waals surface area contributed by atoms with Crippen molar-refractivity contribution in [3.8, 4) is 0 Å². The number of carbonyl (C=O) groups excluding carboxylic acids is 1. The van der Waals surface area contributed by atoms with Crippen LogP contribution < -0.4 is 5.32 Å². The van der Waals surface area contributed by atoms with Gasteiger partial charge in [-0.3, -0.25) is 4.79 Å². The molecule has 0 saturated carbocycles. The van der Waals surface area contributed by atoms with Crippen molar-refractivity contribution in [1.29, 1.82) is 0 Å². The highest BCUT2D eigenvalue weighted by Gasteiger charge is 2.18. The van der Waals surface area contributed by atoms with Crippen molar-refractivity contribution in [1.82, 2.24) is 9.88 Å². The van der Waals surface area contributed by atoms with Crippen LogP contribution in [0.3, 0.4) is 0 Å². The molecule has 0 aliphatic rings. The minimum Gasteiger partial charge on any atom is -0.345 e. The van der Waals surface area contributed by atoms with Gasteiger partial charge in [-0.2, -0.15) is 0 Å². The van der Waals surface area contributed by atoms with Crippen molar-refractivity contribution >= 4 is 51.4 Å². The molecule has 0 radical (unpaired) electrons. The predicted octanol–water partition coefficient (Wildman–Crippen LogP) is 5.13. The van der Waals surface area contributed by atoms with Gasteiger partial charge in [-0.15, -0.1) is 0 Å². The van der Waals surface area contributed by atoms with Crippen LogP contribution in [-0.4, -0.2) is 29.9 Å². The smallest absolute Gasteiger partial charge is 0.255 e. The maximum absolute atomic E-state index is 13.7. The Labute approximate surface area is 154 Å². The second kappa shape index (κ2) is 6.86. The van der Waals surface area contributed by atoms with Gasteiger partial charge in [0.05, 0.1) is 16.3 Å². The molecular formula is C18H14Cl2FN3O. The third-order valence-electron chi connectivity index (χ3n) is 3.70. The lowest BCUT2D eigenvalue weighted by Crippen LogP contribution is -2.22. The molecule has 3 rings (SSSR count). The highest BCUT2D eigenvalue weighted by Crippen LogP contribution is 2.34. The zero-order valence-electron chi connectivity index (χ0n) is 13.5. The normalized spacial score (nSPS) is 10.8. The van der Waals surface area contributed by atoms with Crippen molar-refractivity contribution < 1.29 is 9.18 Å². The van der Waals surface area contributed by atoms with Gasteiger partial charge < -0.3 is 10.2 Å². The zero-order chi connectivity index (χ0) is 18.1. The molecule has 0 aliphatic carbocycles. The molecule has 1 aromatic heterocycles. The zero-order valence-corrected chi connectivity index (χ0v) is 15.0. The largest absolute Gasteiger partial charge is 0.345 e. The van der Waals surface area contributed by atoms with E-state index >= 15 is 0 Å². The van der Waals surface area contributed by atoms with Gasteiger partial charge in [-0.05, 0) is 18.2 Å². The van der Waals surface area contributed by atoms with E-state index < -0.39 is 5.82 Å². The molecule has 0 aliphatic heterocycles. The number of nitrogens with zero attached hydrogens (tertiary/aromatic N) is 2. The average Bonchev–Trinajstić information content (AvgIpc) is 2.59. The molecule has 2 aromatic carbocycles. The molecule has 128 valence electrons. The first-order chi connectivity index (χ1) is 11.9. The van der Waals surface area contributed by atoms with Gasteiger partial charge in [-0.1, -0.05) is 41.4 Å². The Balaban J connectivity index is 2.18. The Morgan fingerprint density at radius 1 is 1.16 bits per heavy atom. The molecule has 4 nitrogen and oxygen atoms in total. The molecule has 7 heteroatoms. The number of benzene rings is 2. The lowest BCUT2D eigenvalue weighted by Gasteiger charge is -2.16. The molecule has 1 amide bonds. The highest BCUT2D eigenvalue weighted by atomic mass is 35.5. The quantitative estimate of drug-likeness (QED) is 0.688. The second-order valence-electron chi connectivity index (χ2n) is 5.61. The topological polar surface area (TPSA) is 45.2 Å². The molecule has 0 atom stereocenters. The Morgan fingerprint density at radius 3 is 2.60 bits per heavy atom. The van der Waals surface area contributed by atoms with Crippen LogP contribution in [0.2, 0.25) is 10.0 Å². The van der Waals surface area contributed by atoms with Crippen LogP contribution in [0.5, 0.6) is 0 Å². The number of hydrogen-bond acceptors (Lipinski definition) is 3. The lowest BCUT2D eigenvalue weighted by atomic mass is 10.1. The van der Waals surface area contributed by atoms with E-state index in [-0.39, 0.29) is 10.9 Å². The minimum atomic E-state index is -0.534. The Kier molecular flexibility index (Phi) is 4.79. The van der Waals surface area contributed by atoms with E-state index in [4.69, 9.17) is 23.2 Å². The third-order valence-corrected chi connectivity index (χ3v) is 4.40. The highest BCUT2D eigenvalue weighted by molar-refractivity contribution is 6.37. The van der Waals surface area contributed by atoms with Crippen LogP contribution >= 0.6 is 23.2 Å². The molecule has 0 saturated heterocycles. The summed E-state index contributed by atoms with van der Waals surface area (Å²) < 4.78 is 13.7. The van der Waals surface area contributed by atoms with Gasteiger partial charge in [0.25, 0.3) is 5.91 Å². The Hall–Kier alpha value is -2.37. The van der Waals surface area contributed by atoms with Gasteiger partial charge >= 0.3 is 0 Å². The average molecular weight is 378 g/mol. The van der Waals surface area contributed by atoms with Crippen molar-refractivity contribution in [3.05, 3.63) is 64.0 Å². The SMILES string of the molecule is CN(C)C(=O)c1cnc(Nc2cccc(F)c2Cl)c2cccc(Cl)c12. The monoisotopic (exact) mass is 377 g/mol. The van der Waals surface area contributed by atoms with Crippen LogP contribution in [0, 0.1) is 5.82 Å². The Bertz CT molecular complexity index is 976. The summed E-state index contributed by atoms with van der Waals surface area (Å²) >= 11 is 12.3. The maximum atomic E-state index is 13.7. The summed E-state index contributed by atoms with van der Waals surface area (Å²) in [6, 6.07) is 9.71. The number of rotatable bonds is 3. The second-order valence-corrected chi connectivity index (χ2v) is 6.39. The molecule has 0 fully saturated rings. The van der Waals surface area contributed by atoms with E-state index in [0.29, 0.717) is 32.9 Å². The van der Waals surface area contributed by atoms with Crippen LogP contribution in [0.25, 0.3) is 10.8 Å². The molecule has 0 bridgehead atoms. The molecule has 1 N–H and O–H groups in total. The fourth-order valence-electron chi connectivity index (χ4n) is 2.49. The molecule has 3 aromatic rings. The molecule has 1 heterocycles. The number of aromatic nitrogens is 1. The third kappa shape index (κ3) is 3.25. The van der Waals surface area contributed by atoms with E-state index in [2.05, 4.69) is 10.3 Å². The summed E-state index contributed by atoms with van der Waals surface area (Å²) in [7, 11) is 3.31. The number of amides is 1. The van der Waals surface area contributed by atoms with E-state index in [1.54, 1.807) is 44.4 Å². The summed E-state index contributed by atoms with van der Waals surface area (Å²) in [4.78, 5) is 18.2. The number of carbonyl (C=O) groups is 1.